The Hall–Kier alpha value is -2.39. The van der Waals surface area contributed by atoms with Crippen molar-refractivity contribution in [3.63, 3.8) is 0 Å². The van der Waals surface area contributed by atoms with Crippen LogP contribution in [0.3, 0.4) is 0 Å². The van der Waals surface area contributed by atoms with Gasteiger partial charge in [0.1, 0.15) is 23.0 Å². The Labute approximate surface area is 140 Å². The number of rotatable bonds is 6. The van der Waals surface area contributed by atoms with Crippen LogP contribution < -0.4 is 18.8 Å². The lowest BCUT2D eigenvalue weighted by Gasteiger charge is -2.04. The van der Waals surface area contributed by atoms with Crippen LogP contribution in [0.25, 0.3) is 0 Å². The van der Waals surface area contributed by atoms with E-state index in [1.54, 1.807) is 62.8 Å². The molecule has 0 fully saturated rings. The zero-order valence-electron chi connectivity index (χ0n) is 13.2. The number of ether oxygens (including phenoxy) is 2. The van der Waals surface area contributed by atoms with E-state index in [0.717, 1.165) is 0 Å². The number of benzene rings is 2. The molecule has 4 N–H and O–H groups in total. The smallest absolute Gasteiger partial charge is 0.512 e. The second-order valence-electron chi connectivity index (χ2n) is 4.24. The maximum atomic E-state index is 8.43. The highest BCUT2D eigenvalue weighted by atomic mass is 16.6. The second-order valence-corrected chi connectivity index (χ2v) is 4.24. The van der Waals surface area contributed by atoms with Gasteiger partial charge < -0.3 is 38.9 Å². The summed E-state index contributed by atoms with van der Waals surface area (Å²) in [4.78, 5) is 0. The van der Waals surface area contributed by atoms with Gasteiger partial charge in [-0.15, -0.1) is 0 Å². The van der Waals surface area contributed by atoms with E-state index in [1.165, 1.54) is 0 Å². The van der Waals surface area contributed by atoms with Gasteiger partial charge in [0.05, 0.1) is 14.2 Å². The van der Waals surface area contributed by atoms with Gasteiger partial charge in [-0.3, -0.25) is 0 Å². The van der Waals surface area contributed by atoms with Gasteiger partial charge in [0.15, 0.2) is 0 Å². The van der Waals surface area contributed by atoms with Crippen LogP contribution in [0, 0.1) is 0 Å². The van der Waals surface area contributed by atoms with E-state index in [9.17, 15) is 0 Å². The standard InChI is InChI=1S/2C7H9BO4/c2*1-11-6-2-4-7(5-3-6)12-8(9)10/h2*2-5,9-10H,1H3. The van der Waals surface area contributed by atoms with Gasteiger partial charge in [-0.1, -0.05) is 0 Å². The molecular weight excluding hydrogens is 318 g/mol. The highest BCUT2D eigenvalue weighted by molar-refractivity contribution is 6.34. The van der Waals surface area contributed by atoms with E-state index in [1.807, 2.05) is 0 Å². The van der Waals surface area contributed by atoms with Crippen LogP contribution in [-0.2, 0) is 0 Å². The first kappa shape index (κ1) is 19.7. The molecule has 10 heteroatoms. The molecule has 24 heavy (non-hydrogen) atoms. The first-order valence-corrected chi connectivity index (χ1v) is 6.78. The summed E-state index contributed by atoms with van der Waals surface area (Å²) in [6.07, 6.45) is 0. The van der Waals surface area contributed by atoms with Gasteiger partial charge in [0, 0.05) is 0 Å². The largest absolute Gasteiger partial charge is 0.707 e. The molecule has 8 nitrogen and oxygen atoms in total. The molecule has 0 saturated heterocycles. The molecular formula is C14H18B2O8. The van der Waals surface area contributed by atoms with Crippen molar-refractivity contribution in [1.82, 2.24) is 0 Å². The van der Waals surface area contributed by atoms with Crippen molar-refractivity contribution < 1.29 is 38.9 Å². The molecule has 0 spiro atoms. The molecule has 0 aliphatic rings. The quantitative estimate of drug-likeness (QED) is 0.548. The topological polar surface area (TPSA) is 118 Å². The number of methoxy groups -OCH3 is 2. The molecule has 0 amide bonds. The fourth-order valence-electron chi connectivity index (χ4n) is 1.55. The molecule has 0 aliphatic carbocycles. The second kappa shape index (κ2) is 10.4. The molecule has 2 rings (SSSR count). The van der Waals surface area contributed by atoms with Crippen molar-refractivity contribution in [2.75, 3.05) is 14.2 Å². The van der Waals surface area contributed by atoms with E-state index in [-0.39, 0.29) is 0 Å². The Kier molecular flexibility index (Phi) is 8.51. The predicted octanol–water partition coefficient (Wildman–Crippen LogP) is 0.0870. The van der Waals surface area contributed by atoms with Crippen LogP contribution in [0.15, 0.2) is 48.5 Å². The van der Waals surface area contributed by atoms with Crippen LogP contribution in [0.5, 0.6) is 23.0 Å². The molecule has 0 radical (unpaired) electrons. The monoisotopic (exact) mass is 336 g/mol. The highest BCUT2D eigenvalue weighted by Crippen LogP contribution is 2.17. The highest BCUT2D eigenvalue weighted by Gasteiger charge is 2.11. The Bertz CT molecular complexity index is 521. The molecule has 0 unspecified atom stereocenters. The van der Waals surface area contributed by atoms with Crippen molar-refractivity contribution in [1.29, 1.82) is 0 Å². The fourth-order valence-corrected chi connectivity index (χ4v) is 1.55. The molecule has 0 atom stereocenters. The summed E-state index contributed by atoms with van der Waals surface area (Å²) in [6, 6.07) is 13.0. The first-order valence-electron chi connectivity index (χ1n) is 6.78. The molecule has 0 aromatic heterocycles. The van der Waals surface area contributed by atoms with Crippen molar-refractivity contribution in [2.45, 2.75) is 0 Å². The van der Waals surface area contributed by atoms with E-state index < -0.39 is 14.6 Å². The predicted molar refractivity (Wildman–Crippen MR) is 87.6 cm³/mol. The zero-order chi connectivity index (χ0) is 17.9. The minimum absolute atomic E-state index is 0.380. The van der Waals surface area contributed by atoms with E-state index in [0.29, 0.717) is 23.0 Å². The molecule has 128 valence electrons. The van der Waals surface area contributed by atoms with Gasteiger partial charge in [-0.2, -0.15) is 0 Å². The summed E-state index contributed by atoms with van der Waals surface area (Å²) in [5.41, 5.74) is 0. The average molecular weight is 336 g/mol. The van der Waals surface area contributed by atoms with Crippen LogP contribution in [0.2, 0.25) is 0 Å². The number of hydrogen-bond acceptors (Lipinski definition) is 8. The third-order valence-electron chi connectivity index (χ3n) is 2.60. The normalized spacial score (nSPS) is 9.25. The Balaban J connectivity index is 0.000000240. The molecule has 0 saturated carbocycles. The molecule has 0 aliphatic heterocycles. The van der Waals surface area contributed by atoms with Crippen LogP contribution in [0.4, 0.5) is 0 Å². The third kappa shape index (κ3) is 7.75. The molecule has 0 heterocycles. The van der Waals surface area contributed by atoms with Gasteiger partial charge in [-0.25, -0.2) is 0 Å². The summed E-state index contributed by atoms with van der Waals surface area (Å²) >= 11 is 0. The summed E-state index contributed by atoms with van der Waals surface area (Å²) in [6.45, 7) is 0. The maximum Gasteiger partial charge on any atom is 0.707 e. The Morgan fingerprint density at radius 3 is 1.00 bits per heavy atom. The van der Waals surface area contributed by atoms with Gasteiger partial charge in [0.25, 0.3) is 0 Å². The molecule has 0 bridgehead atoms. The van der Waals surface area contributed by atoms with E-state index in [2.05, 4.69) is 9.31 Å². The number of hydrogen-bond donors (Lipinski definition) is 4. The van der Waals surface area contributed by atoms with E-state index in [4.69, 9.17) is 29.6 Å². The van der Waals surface area contributed by atoms with Gasteiger partial charge >= 0.3 is 14.6 Å². The summed E-state index contributed by atoms with van der Waals surface area (Å²) in [5, 5.41) is 33.7. The Morgan fingerprint density at radius 1 is 0.542 bits per heavy atom. The van der Waals surface area contributed by atoms with Gasteiger partial charge in [-0.05, 0) is 48.5 Å². The lowest BCUT2D eigenvalue weighted by atomic mass is 10.2. The summed E-state index contributed by atoms with van der Waals surface area (Å²) in [5.74, 6) is 2.14. The third-order valence-corrected chi connectivity index (χ3v) is 2.60. The van der Waals surface area contributed by atoms with Crippen LogP contribution >= 0.6 is 0 Å². The van der Waals surface area contributed by atoms with Crippen LogP contribution in [-0.4, -0.2) is 49.0 Å². The van der Waals surface area contributed by atoms with Crippen molar-refractivity contribution >= 4 is 14.6 Å². The molecule has 2 aromatic rings. The summed E-state index contributed by atoms with van der Waals surface area (Å²) < 4.78 is 18.9. The van der Waals surface area contributed by atoms with Gasteiger partial charge in [0.2, 0.25) is 0 Å². The Morgan fingerprint density at radius 2 is 0.792 bits per heavy atom. The minimum Gasteiger partial charge on any atom is -0.512 e. The van der Waals surface area contributed by atoms with Crippen molar-refractivity contribution in [3.8, 4) is 23.0 Å². The van der Waals surface area contributed by atoms with Crippen molar-refractivity contribution in [2.24, 2.45) is 0 Å². The van der Waals surface area contributed by atoms with Crippen molar-refractivity contribution in [3.05, 3.63) is 48.5 Å². The lowest BCUT2D eigenvalue weighted by Crippen LogP contribution is -2.20. The lowest BCUT2D eigenvalue weighted by molar-refractivity contribution is 0.286. The first-order chi connectivity index (χ1) is 11.4. The minimum atomic E-state index is -1.78. The summed E-state index contributed by atoms with van der Waals surface area (Å²) in [7, 11) is -0.454. The SMILES string of the molecule is COc1ccc(OB(O)O)cc1.COc1ccc(OB(O)O)cc1. The van der Waals surface area contributed by atoms with Crippen LogP contribution in [0.1, 0.15) is 0 Å². The zero-order valence-corrected chi connectivity index (χ0v) is 13.2. The van der Waals surface area contributed by atoms with E-state index >= 15 is 0 Å². The maximum absolute atomic E-state index is 8.43. The fraction of sp³-hybridized carbons (Fsp3) is 0.143. The molecule has 2 aromatic carbocycles. The average Bonchev–Trinajstić information content (AvgIpc) is 2.56.